The Hall–Kier alpha value is -2.82. The molecule has 1 aliphatic heterocycles. The van der Waals surface area contributed by atoms with Gasteiger partial charge >= 0.3 is 0 Å². The zero-order chi connectivity index (χ0) is 17.2. The van der Waals surface area contributed by atoms with Crippen LogP contribution in [0.4, 0.5) is 5.69 Å². The van der Waals surface area contributed by atoms with E-state index in [1.807, 2.05) is 24.3 Å². The van der Waals surface area contributed by atoms with Gasteiger partial charge in [-0.25, -0.2) is 0 Å². The van der Waals surface area contributed by atoms with Crippen LogP contribution in [0.3, 0.4) is 0 Å². The Morgan fingerprint density at radius 1 is 1.12 bits per heavy atom. The Kier molecular flexibility index (Phi) is 4.14. The summed E-state index contributed by atoms with van der Waals surface area (Å²) < 4.78 is 5.63. The molecule has 25 heavy (non-hydrogen) atoms. The van der Waals surface area contributed by atoms with Gasteiger partial charge in [-0.1, -0.05) is 24.3 Å². The second-order valence-corrected chi connectivity index (χ2v) is 6.51. The fourth-order valence-corrected chi connectivity index (χ4v) is 3.54. The lowest BCUT2D eigenvalue weighted by Gasteiger charge is -2.18. The molecule has 0 aromatic heterocycles. The van der Waals surface area contributed by atoms with Crippen LogP contribution in [0.2, 0.25) is 0 Å². The number of ether oxygens (including phenoxy) is 1. The van der Waals surface area contributed by atoms with Crippen LogP contribution in [0.1, 0.15) is 35.6 Å². The van der Waals surface area contributed by atoms with E-state index in [0.717, 1.165) is 24.1 Å². The Balaban J connectivity index is 1.34. The third-order valence-corrected chi connectivity index (χ3v) is 4.81. The zero-order valence-corrected chi connectivity index (χ0v) is 13.9. The number of nitrogens with one attached hydrogen (secondary N) is 2. The summed E-state index contributed by atoms with van der Waals surface area (Å²) >= 11 is 0. The minimum atomic E-state index is -0.118. The number of fused-ring (bicyclic) bond motifs is 2. The van der Waals surface area contributed by atoms with Gasteiger partial charge in [-0.15, -0.1) is 0 Å². The van der Waals surface area contributed by atoms with Crippen LogP contribution in [0.15, 0.2) is 42.5 Å². The first kappa shape index (κ1) is 15.7. The summed E-state index contributed by atoms with van der Waals surface area (Å²) in [5, 5.41) is 5.89. The number of anilines is 1. The first-order valence-electron chi connectivity index (χ1n) is 8.62. The third-order valence-electron chi connectivity index (χ3n) is 4.81. The summed E-state index contributed by atoms with van der Waals surface area (Å²) in [6.45, 7) is -0.0101. The number of aryl methyl sites for hydroxylation is 2. The third kappa shape index (κ3) is 3.36. The molecule has 0 saturated heterocycles. The van der Waals surface area contributed by atoms with Crippen molar-refractivity contribution in [2.45, 2.75) is 31.7 Å². The molecule has 1 atom stereocenters. The standard InChI is InChI=1S/C20H20N2O3/c23-19-10-6-14-11-15(7-9-17(14)21-19)25-12-20(24)22-18-8-5-13-3-1-2-4-16(13)18/h1-4,7,9,11,18H,5-6,8,10,12H2,(H,21,23)(H,22,24). The van der Waals surface area contributed by atoms with Crippen LogP contribution in [0.5, 0.6) is 5.75 Å². The van der Waals surface area contributed by atoms with E-state index >= 15 is 0 Å². The van der Waals surface area contributed by atoms with Crippen LogP contribution in [-0.4, -0.2) is 18.4 Å². The summed E-state index contributed by atoms with van der Waals surface area (Å²) in [5.74, 6) is 0.571. The number of hydrogen-bond acceptors (Lipinski definition) is 3. The molecular weight excluding hydrogens is 316 g/mol. The molecule has 2 aromatic rings. The van der Waals surface area contributed by atoms with Gasteiger partial charge in [0, 0.05) is 12.1 Å². The van der Waals surface area contributed by atoms with Crippen LogP contribution >= 0.6 is 0 Å². The molecule has 0 radical (unpaired) electrons. The van der Waals surface area contributed by atoms with E-state index in [-0.39, 0.29) is 24.5 Å². The highest BCUT2D eigenvalue weighted by atomic mass is 16.5. The Labute approximate surface area is 146 Å². The lowest BCUT2D eigenvalue weighted by molar-refractivity contribution is -0.123. The summed E-state index contributed by atoms with van der Waals surface area (Å²) in [7, 11) is 0. The maximum absolute atomic E-state index is 12.2. The minimum absolute atomic E-state index is 0.0101. The van der Waals surface area contributed by atoms with Crippen molar-refractivity contribution >= 4 is 17.5 Å². The van der Waals surface area contributed by atoms with Gasteiger partial charge in [0.1, 0.15) is 5.75 Å². The fourth-order valence-electron chi connectivity index (χ4n) is 3.54. The van der Waals surface area contributed by atoms with E-state index < -0.39 is 0 Å². The molecule has 1 unspecified atom stereocenters. The Morgan fingerprint density at radius 3 is 2.92 bits per heavy atom. The number of carbonyl (C=O) groups is 2. The van der Waals surface area contributed by atoms with Crippen molar-refractivity contribution in [2.75, 3.05) is 11.9 Å². The Morgan fingerprint density at radius 2 is 2.00 bits per heavy atom. The molecule has 4 rings (SSSR count). The van der Waals surface area contributed by atoms with Crippen LogP contribution < -0.4 is 15.4 Å². The quantitative estimate of drug-likeness (QED) is 0.902. The minimum Gasteiger partial charge on any atom is -0.484 e. The maximum Gasteiger partial charge on any atom is 0.258 e. The molecule has 0 fully saturated rings. The number of carbonyl (C=O) groups excluding carboxylic acids is 2. The van der Waals surface area contributed by atoms with Crippen molar-refractivity contribution < 1.29 is 14.3 Å². The smallest absolute Gasteiger partial charge is 0.258 e. The first-order valence-corrected chi connectivity index (χ1v) is 8.62. The van der Waals surface area contributed by atoms with Gasteiger partial charge < -0.3 is 15.4 Å². The van der Waals surface area contributed by atoms with Crippen LogP contribution in [-0.2, 0) is 22.4 Å². The molecule has 2 aromatic carbocycles. The molecule has 0 spiro atoms. The molecule has 5 nitrogen and oxygen atoms in total. The van der Waals surface area contributed by atoms with Gasteiger partial charge in [0.15, 0.2) is 6.61 Å². The van der Waals surface area contributed by atoms with Gasteiger partial charge in [-0.2, -0.15) is 0 Å². The van der Waals surface area contributed by atoms with Crippen molar-refractivity contribution in [3.05, 3.63) is 59.2 Å². The largest absolute Gasteiger partial charge is 0.484 e. The molecule has 128 valence electrons. The summed E-state index contributed by atoms with van der Waals surface area (Å²) in [4.78, 5) is 23.6. The fraction of sp³-hybridized carbons (Fsp3) is 0.300. The van der Waals surface area contributed by atoms with E-state index in [1.54, 1.807) is 6.07 Å². The molecule has 2 amide bonds. The van der Waals surface area contributed by atoms with Crippen molar-refractivity contribution in [1.29, 1.82) is 0 Å². The number of rotatable bonds is 4. The maximum atomic E-state index is 12.2. The SMILES string of the molecule is O=C1CCc2cc(OCC(=O)NC3CCc4ccccc43)ccc2N1. The first-order chi connectivity index (χ1) is 12.2. The second kappa shape index (κ2) is 6.59. The second-order valence-electron chi connectivity index (χ2n) is 6.51. The van der Waals surface area contributed by atoms with Crippen molar-refractivity contribution in [3.8, 4) is 5.75 Å². The highest BCUT2D eigenvalue weighted by molar-refractivity contribution is 5.94. The van der Waals surface area contributed by atoms with Gasteiger partial charge in [-0.3, -0.25) is 9.59 Å². The number of amides is 2. The molecule has 2 N–H and O–H groups in total. The van der Waals surface area contributed by atoms with E-state index in [1.165, 1.54) is 11.1 Å². The number of benzene rings is 2. The topological polar surface area (TPSA) is 67.4 Å². The molecule has 0 bridgehead atoms. The summed E-state index contributed by atoms with van der Waals surface area (Å²) in [5.41, 5.74) is 4.39. The average molecular weight is 336 g/mol. The summed E-state index contributed by atoms with van der Waals surface area (Å²) in [6.07, 6.45) is 3.11. The normalized spacial score (nSPS) is 18.1. The molecule has 1 aliphatic carbocycles. The van der Waals surface area contributed by atoms with Gasteiger partial charge in [-0.05, 0) is 54.2 Å². The van der Waals surface area contributed by atoms with E-state index in [4.69, 9.17) is 4.74 Å². The Bertz CT molecular complexity index is 831. The zero-order valence-electron chi connectivity index (χ0n) is 13.9. The summed E-state index contributed by atoms with van der Waals surface area (Å²) in [6, 6.07) is 13.8. The van der Waals surface area contributed by atoms with E-state index in [9.17, 15) is 9.59 Å². The van der Waals surface area contributed by atoms with Crippen molar-refractivity contribution in [2.24, 2.45) is 0 Å². The van der Waals surface area contributed by atoms with Crippen LogP contribution in [0, 0.1) is 0 Å². The van der Waals surface area contributed by atoms with Crippen LogP contribution in [0.25, 0.3) is 0 Å². The molecule has 2 aliphatic rings. The predicted molar refractivity (Wildman–Crippen MR) is 94.5 cm³/mol. The lowest BCUT2D eigenvalue weighted by atomic mass is 10.0. The van der Waals surface area contributed by atoms with Gasteiger partial charge in [0.2, 0.25) is 5.91 Å². The molecular formula is C20H20N2O3. The number of hydrogen-bond donors (Lipinski definition) is 2. The molecule has 1 heterocycles. The van der Waals surface area contributed by atoms with Crippen molar-refractivity contribution in [1.82, 2.24) is 5.32 Å². The lowest BCUT2D eigenvalue weighted by Crippen LogP contribution is -2.31. The highest BCUT2D eigenvalue weighted by Crippen LogP contribution is 2.30. The predicted octanol–water partition coefficient (Wildman–Crippen LogP) is 2.75. The van der Waals surface area contributed by atoms with E-state index in [2.05, 4.69) is 22.8 Å². The van der Waals surface area contributed by atoms with E-state index in [0.29, 0.717) is 18.6 Å². The van der Waals surface area contributed by atoms with Crippen molar-refractivity contribution in [3.63, 3.8) is 0 Å². The monoisotopic (exact) mass is 336 g/mol. The average Bonchev–Trinajstić information content (AvgIpc) is 3.03. The molecule has 5 heteroatoms. The van der Waals surface area contributed by atoms with Gasteiger partial charge in [0.25, 0.3) is 5.91 Å². The molecule has 0 saturated carbocycles. The van der Waals surface area contributed by atoms with Gasteiger partial charge in [0.05, 0.1) is 6.04 Å². The highest BCUT2D eigenvalue weighted by Gasteiger charge is 2.23.